The molecular formula is C15H12O4. The number of aliphatic carboxylic acids is 1. The van der Waals surface area contributed by atoms with Gasteiger partial charge in [-0.2, -0.15) is 0 Å². The fraction of sp³-hybridized carbons (Fsp3) is 0.133. The first-order chi connectivity index (χ1) is 9.15. The monoisotopic (exact) mass is 256 g/mol. The van der Waals surface area contributed by atoms with Crippen LogP contribution in [0.1, 0.15) is 22.8 Å². The Labute approximate surface area is 109 Å². The number of hydrogen-bond acceptors (Lipinski definition) is 3. The third kappa shape index (κ3) is 2.06. The third-order valence-electron chi connectivity index (χ3n) is 3.21. The number of carbonyl (C=O) groups is 1. The van der Waals surface area contributed by atoms with Crippen molar-refractivity contribution < 1.29 is 19.7 Å². The number of carboxylic acids is 1. The van der Waals surface area contributed by atoms with Gasteiger partial charge in [-0.25, -0.2) is 4.79 Å². The van der Waals surface area contributed by atoms with Crippen molar-refractivity contribution >= 4 is 5.97 Å². The summed E-state index contributed by atoms with van der Waals surface area (Å²) in [6.45, 7) is 0. The van der Waals surface area contributed by atoms with Gasteiger partial charge in [0.2, 0.25) is 0 Å². The molecule has 96 valence electrons. The summed E-state index contributed by atoms with van der Waals surface area (Å²) in [5.74, 6) is 0.277. The maximum Gasteiger partial charge on any atom is 0.337 e. The van der Waals surface area contributed by atoms with E-state index in [4.69, 9.17) is 9.84 Å². The lowest BCUT2D eigenvalue weighted by molar-refractivity contribution is -0.146. The Morgan fingerprint density at radius 3 is 2.63 bits per heavy atom. The predicted octanol–water partition coefficient (Wildman–Crippen LogP) is 2.50. The third-order valence-corrected chi connectivity index (χ3v) is 3.21. The molecule has 0 aliphatic carbocycles. The van der Waals surface area contributed by atoms with Crippen molar-refractivity contribution in [2.45, 2.75) is 12.5 Å². The lowest BCUT2D eigenvalue weighted by atomic mass is 9.97. The van der Waals surface area contributed by atoms with Crippen molar-refractivity contribution in [3.8, 4) is 11.5 Å². The number of ether oxygens (including phenoxy) is 1. The zero-order valence-electron chi connectivity index (χ0n) is 10.0. The van der Waals surface area contributed by atoms with E-state index < -0.39 is 12.1 Å². The molecule has 0 saturated heterocycles. The van der Waals surface area contributed by atoms with Gasteiger partial charge in [-0.1, -0.05) is 24.3 Å². The number of para-hydroxylation sites is 1. The van der Waals surface area contributed by atoms with Gasteiger partial charge < -0.3 is 14.9 Å². The van der Waals surface area contributed by atoms with Crippen molar-refractivity contribution in [3.63, 3.8) is 0 Å². The molecule has 4 heteroatoms. The van der Waals surface area contributed by atoms with Crippen LogP contribution in [0.15, 0.2) is 42.5 Å². The Morgan fingerprint density at radius 1 is 1.11 bits per heavy atom. The Bertz CT molecular complexity index is 648. The lowest BCUT2D eigenvalue weighted by Gasteiger charge is -2.21. The van der Waals surface area contributed by atoms with Gasteiger partial charge in [0.25, 0.3) is 0 Å². The topological polar surface area (TPSA) is 66.8 Å². The molecule has 0 radical (unpaired) electrons. The minimum absolute atomic E-state index is 0.370. The minimum Gasteiger partial charge on any atom is -0.479 e. The smallest absolute Gasteiger partial charge is 0.337 e. The van der Waals surface area contributed by atoms with Gasteiger partial charge in [-0.15, -0.1) is 0 Å². The molecule has 2 aromatic rings. The van der Waals surface area contributed by atoms with Crippen LogP contribution in [0.2, 0.25) is 0 Å². The van der Waals surface area contributed by atoms with Crippen LogP contribution in [0.25, 0.3) is 0 Å². The SMILES string of the molecule is O=C(O)C(O)c1ccc2c(c1)Cc1ccccc1O2. The van der Waals surface area contributed by atoms with Crippen LogP contribution in [0.4, 0.5) is 0 Å². The predicted molar refractivity (Wildman–Crippen MR) is 68.4 cm³/mol. The van der Waals surface area contributed by atoms with Gasteiger partial charge in [0, 0.05) is 6.42 Å². The average Bonchev–Trinajstić information content (AvgIpc) is 2.43. The number of fused-ring (bicyclic) bond motifs is 2. The van der Waals surface area contributed by atoms with Crippen molar-refractivity contribution in [2.75, 3.05) is 0 Å². The summed E-state index contributed by atoms with van der Waals surface area (Å²) in [6.07, 6.45) is -0.825. The summed E-state index contributed by atoms with van der Waals surface area (Å²) >= 11 is 0. The molecule has 0 aromatic heterocycles. The summed E-state index contributed by atoms with van der Waals surface area (Å²) in [6, 6.07) is 12.7. The van der Waals surface area contributed by atoms with Gasteiger partial charge in [0.1, 0.15) is 11.5 Å². The zero-order valence-corrected chi connectivity index (χ0v) is 10.0. The van der Waals surface area contributed by atoms with E-state index in [2.05, 4.69) is 0 Å². The van der Waals surface area contributed by atoms with Gasteiger partial charge in [-0.3, -0.25) is 0 Å². The van der Waals surface area contributed by atoms with Crippen LogP contribution in [0, 0.1) is 0 Å². The highest BCUT2D eigenvalue weighted by Gasteiger charge is 2.21. The maximum atomic E-state index is 10.8. The molecule has 1 heterocycles. The zero-order chi connectivity index (χ0) is 13.4. The second-order valence-electron chi connectivity index (χ2n) is 4.49. The number of aliphatic hydroxyl groups is 1. The molecule has 0 amide bonds. The number of rotatable bonds is 2. The maximum absolute atomic E-state index is 10.8. The minimum atomic E-state index is -1.50. The first-order valence-corrected chi connectivity index (χ1v) is 5.94. The molecule has 19 heavy (non-hydrogen) atoms. The van der Waals surface area contributed by atoms with Crippen molar-refractivity contribution in [3.05, 3.63) is 59.2 Å². The first-order valence-electron chi connectivity index (χ1n) is 5.94. The fourth-order valence-electron chi connectivity index (χ4n) is 2.22. The van der Waals surface area contributed by atoms with E-state index in [9.17, 15) is 9.90 Å². The molecular weight excluding hydrogens is 244 g/mol. The Kier molecular flexibility index (Phi) is 2.72. The standard InChI is InChI=1S/C15H12O4/c16-14(15(17)18)10-5-6-13-11(8-10)7-9-3-1-2-4-12(9)19-13/h1-6,8,14,16H,7H2,(H,17,18). The number of carboxylic acid groups (broad SMARTS) is 1. The summed E-state index contributed by atoms with van der Waals surface area (Å²) in [4.78, 5) is 10.8. The number of hydrogen-bond donors (Lipinski definition) is 2. The van der Waals surface area contributed by atoms with Gasteiger partial charge in [0.15, 0.2) is 6.10 Å². The van der Waals surface area contributed by atoms with Crippen LogP contribution in [-0.4, -0.2) is 16.2 Å². The van der Waals surface area contributed by atoms with E-state index in [1.807, 2.05) is 24.3 Å². The van der Waals surface area contributed by atoms with Crippen LogP contribution in [0.3, 0.4) is 0 Å². The van der Waals surface area contributed by atoms with E-state index in [0.29, 0.717) is 17.7 Å². The quantitative estimate of drug-likeness (QED) is 0.739. The first kappa shape index (κ1) is 11.7. The average molecular weight is 256 g/mol. The van der Waals surface area contributed by atoms with Crippen molar-refractivity contribution in [2.24, 2.45) is 0 Å². The molecule has 2 aromatic carbocycles. The highest BCUT2D eigenvalue weighted by Crippen LogP contribution is 2.37. The summed E-state index contributed by atoms with van der Waals surface area (Å²) < 4.78 is 5.74. The summed E-state index contributed by atoms with van der Waals surface area (Å²) in [5, 5.41) is 18.4. The van der Waals surface area contributed by atoms with E-state index in [0.717, 1.165) is 16.9 Å². The molecule has 1 unspecified atom stereocenters. The summed E-state index contributed by atoms with van der Waals surface area (Å²) in [7, 11) is 0. The molecule has 0 bridgehead atoms. The van der Waals surface area contributed by atoms with Crippen molar-refractivity contribution in [1.82, 2.24) is 0 Å². The largest absolute Gasteiger partial charge is 0.479 e. The lowest BCUT2D eigenvalue weighted by Crippen LogP contribution is -2.11. The summed E-state index contributed by atoms with van der Waals surface area (Å²) in [5.41, 5.74) is 2.31. The van der Waals surface area contributed by atoms with Crippen molar-refractivity contribution in [1.29, 1.82) is 0 Å². The van der Waals surface area contributed by atoms with E-state index in [1.54, 1.807) is 18.2 Å². The van der Waals surface area contributed by atoms with E-state index in [-0.39, 0.29) is 0 Å². The molecule has 0 saturated carbocycles. The number of aliphatic hydroxyl groups excluding tert-OH is 1. The number of benzene rings is 2. The van der Waals surface area contributed by atoms with Gasteiger partial charge in [0.05, 0.1) is 0 Å². The Morgan fingerprint density at radius 2 is 1.84 bits per heavy atom. The molecule has 3 rings (SSSR count). The fourth-order valence-corrected chi connectivity index (χ4v) is 2.22. The molecule has 1 aliphatic heterocycles. The van der Waals surface area contributed by atoms with Crippen LogP contribution < -0.4 is 4.74 Å². The molecule has 0 fully saturated rings. The molecule has 4 nitrogen and oxygen atoms in total. The van der Waals surface area contributed by atoms with E-state index in [1.165, 1.54) is 0 Å². The Hall–Kier alpha value is -2.33. The molecule has 1 aliphatic rings. The van der Waals surface area contributed by atoms with Gasteiger partial charge >= 0.3 is 5.97 Å². The van der Waals surface area contributed by atoms with Crippen LogP contribution in [-0.2, 0) is 11.2 Å². The second kappa shape index (κ2) is 4.40. The van der Waals surface area contributed by atoms with Gasteiger partial charge in [-0.05, 0) is 34.9 Å². The highest BCUT2D eigenvalue weighted by molar-refractivity contribution is 5.74. The normalized spacial score (nSPS) is 13.9. The second-order valence-corrected chi connectivity index (χ2v) is 4.49. The molecule has 2 N–H and O–H groups in total. The highest BCUT2D eigenvalue weighted by atomic mass is 16.5. The van der Waals surface area contributed by atoms with E-state index >= 15 is 0 Å². The molecule has 0 spiro atoms. The molecule has 1 atom stereocenters. The Balaban J connectivity index is 1.98. The van der Waals surface area contributed by atoms with Crippen LogP contribution >= 0.6 is 0 Å². The van der Waals surface area contributed by atoms with Crippen LogP contribution in [0.5, 0.6) is 11.5 Å².